The molecule has 8 nitrogen and oxygen atoms in total. The van der Waals surface area contributed by atoms with E-state index in [-0.39, 0.29) is 30.2 Å². The molecule has 0 aliphatic rings. The maximum absolute atomic E-state index is 12.8. The molecule has 29 heavy (non-hydrogen) atoms. The molecular formula is C21H35N3O5. The molecule has 6 N–H and O–H groups in total. The van der Waals surface area contributed by atoms with Crippen molar-refractivity contribution in [3.05, 3.63) is 30.3 Å². The van der Waals surface area contributed by atoms with Gasteiger partial charge in [-0.05, 0) is 30.4 Å². The van der Waals surface area contributed by atoms with E-state index in [0.29, 0.717) is 12.1 Å². The molecule has 0 bridgehead atoms. The Labute approximate surface area is 172 Å². The van der Waals surface area contributed by atoms with Crippen molar-refractivity contribution in [1.82, 2.24) is 10.6 Å². The molecule has 0 saturated carbocycles. The van der Waals surface area contributed by atoms with E-state index in [0.717, 1.165) is 0 Å². The van der Waals surface area contributed by atoms with Crippen LogP contribution < -0.4 is 16.0 Å². The van der Waals surface area contributed by atoms with Gasteiger partial charge in [-0.3, -0.25) is 9.59 Å². The zero-order chi connectivity index (χ0) is 22.0. The highest BCUT2D eigenvalue weighted by Gasteiger charge is 2.29. The van der Waals surface area contributed by atoms with Gasteiger partial charge in [0, 0.05) is 12.2 Å². The van der Waals surface area contributed by atoms with Crippen LogP contribution in [-0.2, 0) is 9.59 Å². The van der Waals surface area contributed by atoms with E-state index in [1.165, 1.54) is 0 Å². The summed E-state index contributed by atoms with van der Waals surface area (Å²) >= 11 is 0. The number of hydrogen-bond donors (Lipinski definition) is 6. The van der Waals surface area contributed by atoms with Gasteiger partial charge in [-0.25, -0.2) is 0 Å². The van der Waals surface area contributed by atoms with Gasteiger partial charge in [0.2, 0.25) is 11.8 Å². The molecule has 0 heterocycles. The van der Waals surface area contributed by atoms with Gasteiger partial charge >= 0.3 is 0 Å². The van der Waals surface area contributed by atoms with Crippen molar-refractivity contribution in [3.8, 4) is 0 Å². The van der Waals surface area contributed by atoms with Crippen molar-refractivity contribution in [3.63, 3.8) is 0 Å². The predicted octanol–water partition coefficient (Wildman–Crippen LogP) is 0.484. The summed E-state index contributed by atoms with van der Waals surface area (Å²) in [6.45, 7) is 6.99. The van der Waals surface area contributed by atoms with Crippen molar-refractivity contribution in [1.29, 1.82) is 0 Å². The van der Waals surface area contributed by atoms with Crippen LogP contribution in [0.2, 0.25) is 0 Å². The predicted molar refractivity (Wildman–Crippen MR) is 112 cm³/mol. The van der Waals surface area contributed by atoms with Crippen LogP contribution in [0, 0.1) is 11.8 Å². The quantitative estimate of drug-likeness (QED) is 0.298. The van der Waals surface area contributed by atoms with Crippen molar-refractivity contribution >= 4 is 17.5 Å². The number of anilines is 1. The molecule has 0 aromatic heterocycles. The van der Waals surface area contributed by atoms with Crippen molar-refractivity contribution in [2.75, 3.05) is 18.5 Å². The average molecular weight is 410 g/mol. The van der Waals surface area contributed by atoms with Gasteiger partial charge in [0.1, 0.15) is 12.1 Å². The first-order valence-corrected chi connectivity index (χ1v) is 10.0. The second-order valence-electron chi connectivity index (χ2n) is 7.99. The molecule has 0 saturated heterocycles. The molecule has 8 heteroatoms. The first-order chi connectivity index (χ1) is 13.6. The SMILES string of the molecule is CC(C)C[C@H](NC(=O)[C@@H](NC[C@H](O)[C@@H](O)CO)C(C)C)C(=O)Nc1ccccc1. The summed E-state index contributed by atoms with van der Waals surface area (Å²) in [7, 11) is 0. The van der Waals surface area contributed by atoms with Gasteiger partial charge in [-0.2, -0.15) is 0 Å². The molecule has 0 unspecified atom stereocenters. The van der Waals surface area contributed by atoms with Crippen LogP contribution in [0.5, 0.6) is 0 Å². The lowest BCUT2D eigenvalue weighted by atomic mass is 9.99. The lowest BCUT2D eigenvalue weighted by Gasteiger charge is -2.27. The number of para-hydroxylation sites is 1. The van der Waals surface area contributed by atoms with E-state index in [9.17, 15) is 19.8 Å². The summed E-state index contributed by atoms with van der Waals surface area (Å²) in [6.07, 6.45) is -2.02. The highest BCUT2D eigenvalue weighted by Crippen LogP contribution is 2.11. The van der Waals surface area contributed by atoms with Crippen LogP contribution >= 0.6 is 0 Å². The second kappa shape index (κ2) is 12.5. The number of benzene rings is 1. The Morgan fingerprint density at radius 1 is 0.966 bits per heavy atom. The molecule has 1 aromatic rings. The third-order valence-corrected chi connectivity index (χ3v) is 4.51. The summed E-state index contributed by atoms with van der Waals surface area (Å²) in [4.78, 5) is 25.6. The van der Waals surface area contributed by atoms with Crippen molar-refractivity contribution < 1.29 is 24.9 Å². The Bertz CT molecular complexity index is 624. The fraction of sp³-hybridized carbons (Fsp3) is 0.619. The maximum atomic E-state index is 12.8. The number of amides is 2. The minimum absolute atomic E-state index is 0.0664. The number of nitrogens with one attached hydrogen (secondary N) is 3. The first kappa shape index (κ1) is 25.0. The minimum Gasteiger partial charge on any atom is -0.394 e. The normalized spacial score (nSPS) is 15.6. The zero-order valence-corrected chi connectivity index (χ0v) is 17.6. The number of carbonyl (C=O) groups is 2. The molecule has 4 atom stereocenters. The van der Waals surface area contributed by atoms with Crippen LogP contribution in [0.15, 0.2) is 30.3 Å². The lowest BCUT2D eigenvalue weighted by molar-refractivity contribution is -0.129. The molecule has 1 rings (SSSR count). The van der Waals surface area contributed by atoms with E-state index in [1.807, 2.05) is 45.9 Å². The van der Waals surface area contributed by atoms with Crippen molar-refractivity contribution in [2.45, 2.75) is 58.4 Å². The van der Waals surface area contributed by atoms with Crippen molar-refractivity contribution in [2.24, 2.45) is 11.8 Å². The third-order valence-electron chi connectivity index (χ3n) is 4.51. The smallest absolute Gasteiger partial charge is 0.246 e. The summed E-state index contributed by atoms with van der Waals surface area (Å²) in [5.74, 6) is -0.588. The molecule has 0 radical (unpaired) electrons. The molecule has 0 spiro atoms. The molecule has 0 aliphatic carbocycles. The number of rotatable bonds is 12. The van der Waals surface area contributed by atoms with Crippen LogP contribution in [0.4, 0.5) is 5.69 Å². The number of hydrogen-bond acceptors (Lipinski definition) is 6. The fourth-order valence-electron chi connectivity index (χ4n) is 2.85. The van der Waals surface area contributed by atoms with E-state index in [2.05, 4.69) is 16.0 Å². The lowest BCUT2D eigenvalue weighted by Crippen LogP contribution is -2.55. The standard InChI is InChI=1S/C21H35N3O5/c1-13(2)10-16(20(28)23-15-8-6-5-7-9-15)24-21(29)19(14(3)4)22-11-17(26)18(27)12-25/h5-9,13-14,16-19,22,25-27H,10-12H2,1-4H3,(H,23,28)(H,24,29)/t16-,17-,18-,19-/m0/s1. The van der Waals surface area contributed by atoms with Gasteiger partial charge in [-0.1, -0.05) is 45.9 Å². The first-order valence-electron chi connectivity index (χ1n) is 10.0. The molecule has 1 aromatic carbocycles. The second-order valence-corrected chi connectivity index (χ2v) is 7.99. The van der Waals surface area contributed by atoms with Crippen LogP contribution in [0.3, 0.4) is 0 Å². The molecule has 0 aliphatic heterocycles. The van der Waals surface area contributed by atoms with Crippen LogP contribution in [0.25, 0.3) is 0 Å². The number of aliphatic hydroxyl groups is 3. The summed E-state index contributed by atoms with van der Waals surface area (Å²) in [5, 5.41) is 36.8. The average Bonchev–Trinajstić information content (AvgIpc) is 2.66. The largest absolute Gasteiger partial charge is 0.394 e. The Morgan fingerprint density at radius 3 is 2.10 bits per heavy atom. The van der Waals surface area contributed by atoms with Gasteiger partial charge in [-0.15, -0.1) is 0 Å². The summed E-state index contributed by atoms with van der Waals surface area (Å²) in [6, 6.07) is 7.65. The van der Waals surface area contributed by atoms with Gasteiger partial charge in [0.15, 0.2) is 0 Å². The van der Waals surface area contributed by atoms with E-state index in [4.69, 9.17) is 5.11 Å². The third kappa shape index (κ3) is 8.91. The topological polar surface area (TPSA) is 131 Å². The molecule has 164 valence electrons. The van der Waals surface area contributed by atoms with E-state index >= 15 is 0 Å². The maximum Gasteiger partial charge on any atom is 0.246 e. The number of aliphatic hydroxyl groups excluding tert-OH is 3. The van der Waals surface area contributed by atoms with Gasteiger partial charge < -0.3 is 31.3 Å². The minimum atomic E-state index is -1.29. The van der Waals surface area contributed by atoms with Crippen LogP contribution in [0.1, 0.15) is 34.1 Å². The summed E-state index contributed by atoms with van der Waals surface area (Å²) in [5.41, 5.74) is 0.653. The molecular weight excluding hydrogens is 374 g/mol. The number of carbonyl (C=O) groups excluding carboxylic acids is 2. The Balaban J connectivity index is 2.80. The highest BCUT2D eigenvalue weighted by atomic mass is 16.4. The fourth-order valence-corrected chi connectivity index (χ4v) is 2.85. The zero-order valence-electron chi connectivity index (χ0n) is 17.6. The van der Waals surface area contributed by atoms with E-state index in [1.54, 1.807) is 12.1 Å². The summed E-state index contributed by atoms with van der Waals surface area (Å²) < 4.78 is 0. The Hall–Kier alpha value is -2.00. The Morgan fingerprint density at radius 2 is 1.59 bits per heavy atom. The monoisotopic (exact) mass is 409 g/mol. The molecule has 0 fully saturated rings. The molecule has 2 amide bonds. The highest BCUT2D eigenvalue weighted by molar-refractivity contribution is 5.97. The van der Waals surface area contributed by atoms with Gasteiger partial charge in [0.25, 0.3) is 0 Å². The van der Waals surface area contributed by atoms with E-state index < -0.39 is 30.9 Å². The van der Waals surface area contributed by atoms with Crippen LogP contribution in [-0.4, -0.2) is 64.6 Å². The van der Waals surface area contributed by atoms with Gasteiger partial charge in [0.05, 0.1) is 18.8 Å². The Kier molecular flexibility index (Phi) is 10.8.